The summed E-state index contributed by atoms with van der Waals surface area (Å²) in [5.74, 6) is -1.49. The molecule has 40 valence electrons. The van der Waals surface area contributed by atoms with Gasteiger partial charge in [0.25, 0.3) is 0 Å². The van der Waals surface area contributed by atoms with Crippen molar-refractivity contribution in [3.05, 3.63) is 0 Å². The lowest BCUT2D eigenvalue weighted by molar-refractivity contribution is 0.192. The molecule has 0 aliphatic heterocycles. The van der Waals surface area contributed by atoms with Gasteiger partial charge in [-0.15, -0.1) is 0 Å². The molecule has 0 atom stereocenters. The third-order valence-electron chi connectivity index (χ3n) is 0.379. The van der Waals surface area contributed by atoms with Crippen molar-refractivity contribution in [2.24, 2.45) is 0 Å². The Morgan fingerprint density at radius 1 is 1.71 bits per heavy atom. The van der Waals surface area contributed by atoms with Gasteiger partial charge in [-0.25, -0.2) is 0 Å². The van der Waals surface area contributed by atoms with Crippen molar-refractivity contribution >= 4 is 13.1 Å². The van der Waals surface area contributed by atoms with Crippen LogP contribution in [0.15, 0.2) is 0 Å². The summed E-state index contributed by atoms with van der Waals surface area (Å²) in [5.41, 5.74) is 0. The van der Waals surface area contributed by atoms with E-state index in [9.17, 15) is 13.4 Å². The second kappa shape index (κ2) is 2.55. The van der Waals surface area contributed by atoms with E-state index in [1.165, 1.54) is 0 Å². The number of carbonyl (C=O) groups is 1. The third kappa shape index (κ3) is 2.14. The summed E-state index contributed by atoms with van der Waals surface area (Å²) in [6.07, 6.45) is 0. The molecule has 0 saturated heterocycles. The normalized spacial score (nSPS) is 7.86. The molecule has 0 unspecified atom stereocenters. The van der Waals surface area contributed by atoms with Gasteiger partial charge in [0.05, 0.1) is 7.11 Å². The molecule has 0 aromatic heterocycles. The first-order valence-electron chi connectivity index (χ1n) is 1.54. The van der Waals surface area contributed by atoms with Crippen LogP contribution in [0.5, 0.6) is 0 Å². The van der Waals surface area contributed by atoms with Crippen molar-refractivity contribution in [2.75, 3.05) is 7.11 Å². The molecule has 0 rings (SSSR count). The minimum Gasteiger partial charge on any atom is -0.472 e. The van der Waals surface area contributed by atoms with E-state index in [1.54, 1.807) is 0 Å². The average Bonchev–Trinajstić information content (AvgIpc) is 1.65. The molecule has 0 bridgehead atoms. The Hall–Kier alpha value is -0.605. The molecule has 7 heavy (non-hydrogen) atoms. The van der Waals surface area contributed by atoms with Crippen molar-refractivity contribution in [1.82, 2.24) is 0 Å². The number of methoxy groups -OCH3 is 1. The van der Waals surface area contributed by atoms with Gasteiger partial charge in [-0.3, -0.25) is 13.4 Å². The van der Waals surface area contributed by atoms with Crippen LogP contribution in [-0.2, 0) is 4.74 Å². The molecule has 0 N–H and O–H groups in total. The standard InChI is InChI=1S/C2H3BF2O2/c1-7-2(6)3(4)5/h1H3. The number of carbonyl (C=O) groups excluding carboxylic acids is 1. The summed E-state index contributed by atoms with van der Waals surface area (Å²) in [7, 11) is -2.08. The zero-order chi connectivity index (χ0) is 5.86. The summed E-state index contributed by atoms with van der Waals surface area (Å²) >= 11 is 0. The summed E-state index contributed by atoms with van der Waals surface area (Å²) in [4.78, 5) is 9.54. The fourth-order valence-electron chi connectivity index (χ4n) is 0.0891. The average molecular weight is 108 g/mol. The lowest BCUT2D eigenvalue weighted by Crippen LogP contribution is -2.14. The monoisotopic (exact) mass is 108 g/mol. The maximum Gasteiger partial charge on any atom is 0.658 e. The van der Waals surface area contributed by atoms with Gasteiger partial charge in [0, 0.05) is 0 Å². The fraction of sp³-hybridized carbons (Fsp3) is 0.500. The Morgan fingerprint density at radius 2 is 2.14 bits per heavy atom. The van der Waals surface area contributed by atoms with Crippen molar-refractivity contribution in [3.8, 4) is 0 Å². The van der Waals surface area contributed by atoms with Gasteiger partial charge < -0.3 is 4.74 Å². The maximum atomic E-state index is 11.0. The van der Waals surface area contributed by atoms with Crippen LogP contribution >= 0.6 is 0 Å². The number of halogens is 2. The fourth-order valence-corrected chi connectivity index (χ4v) is 0.0891. The molecule has 2 nitrogen and oxygen atoms in total. The highest BCUT2D eigenvalue weighted by Crippen LogP contribution is 1.88. The van der Waals surface area contributed by atoms with Crippen LogP contribution in [0.1, 0.15) is 0 Å². The SMILES string of the molecule is COC(=O)B(F)F. The highest BCUT2D eigenvalue weighted by atomic mass is 19.2. The zero-order valence-electron chi connectivity index (χ0n) is 3.65. The van der Waals surface area contributed by atoms with Crippen LogP contribution in [0.4, 0.5) is 13.4 Å². The van der Waals surface area contributed by atoms with Gasteiger partial charge in [-0.2, -0.15) is 0 Å². The third-order valence-corrected chi connectivity index (χ3v) is 0.379. The molecule has 0 amide bonds. The zero-order valence-corrected chi connectivity index (χ0v) is 3.65. The number of hydrogen-bond acceptors (Lipinski definition) is 2. The molecule has 0 heterocycles. The van der Waals surface area contributed by atoms with Crippen LogP contribution in [0.3, 0.4) is 0 Å². The first kappa shape index (κ1) is 6.39. The van der Waals surface area contributed by atoms with Crippen LogP contribution in [0, 0.1) is 0 Å². The molecule has 0 radical (unpaired) electrons. The number of rotatable bonds is 1. The van der Waals surface area contributed by atoms with Gasteiger partial charge in [0.2, 0.25) is 0 Å². The van der Waals surface area contributed by atoms with E-state index in [4.69, 9.17) is 0 Å². The van der Waals surface area contributed by atoms with Gasteiger partial charge in [-0.05, 0) is 0 Å². The van der Waals surface area contributed by atoms with E-state index in [-0.39, 0.29) is 0 Å². The Balaban J connectivity index is 3.35. The van der Waals surface area contributed by atoms with Crippen LogP contribution in [0.2, 0.25) is 0 Å². The first-order chi connectivity index (χ1) is 3.18. The smallest absolute Gasteiger partial charge is 0.472 e. The van der Waals surface area contributed by atoms with E-state index >= 15 is 0 Å². The molecule has 0 saturated carbocycles. The summed E-state index contributed by atoms with van der Waals surface area (Å²) in [6.45, 7) is 0. The molecule has 5 heteroatoms. The van der Waals surface area contributed by atoms with E-state index in [0.29, 0.717) is 0 Å². The van der Waals surface area contributed by atoms with Crippen LogP contribution < -0.4 is 0 Å². The van der Waals surface area contributed by atoms with E-state index in [2.05, 4.69) is 4.74 Å². The van der Waals surface area contributed by atoms with Gasteiger partial charge in [0.1, 0.15) is 0 Å². The second-order valence-electron chi connectivity index (χ2n) is 0.824. The summed E-state index contributed by atoms with van der Waals surface area (Å²) in [5, 5.41) is 0. The number of hydrogen-bond donors (Lipinski definition) is 0. The lowest BCUT2D eigenvalue weighted by atomic mass is 10.0. The Morgan fingerprint density at radius 3 is 2.14 bits per heavy atom. The Labute approximate surface area is 39.6 Å². The van der Waals surface area contributed by atoms with Gasteiger partial charge in [0.15, 0.2) is 0 Å². The highest BCUT2D eigenvalue weighted by molar-refractivity contribution is 6.77. The lowest BCUT2D eigenvalue weighted by Gasteiger charge is -1.87. The van der Waals surface area contributed by atoms with Crippen molar-refractivity contribution in [3.63, 3.8) is 0 Å². The molecular formula is C2H3BF2O2. The minimum atomic E-state index is -3.00. The molecule has 0 aliphatic rings. The summed E-state index contributed by atoms with van der Waals surface area (Å²) < 4.78 is 25.5. The van der Waals surface area contributed by atoms with Crippen LogP contribution in [0.25, 0.3) is 0 Å². The first-order valence-corrected chi connectivity index (χ1v) is 1.54. The molecule has 0 spiro atoms. The molecule has 0 fully saturated rings. The second-order valence-corrected chi connectivity index (χ2v) is 0.824. The van der Waals surface area contributed by atoms with Crippen molar-refractivity contribution < 1.29 is 18.2 Å². The largest absolute Gasteiger partial charge is 0.658 e. The van der Waals surface area contributed by atoms with Crippen molar-refractivity contribution in [1.29, 1.82) is 0 Å². The molecule has 0 aromatic carbocycles. The predicted octanol–water partition coefficient (Wildman–Crippen LogP) is 0.762. The predicted molar refractivity (Wildman–Crippen MR) is 20.4 cm³/mol. The summed E-state index contributed by atoms with van der Waals surface area (Å²) in [6, 6.07) is 0. The van der Waals surface area contributed by atoms with E-state index in [0.717, 1.165) is 7.11 Å². The quantitative estimate of drug-likeness (QED) is 0.463. The maximum absolute atomic E-state index is 11.0. The molecule has 0 aromatic rings. The van der Waals surface area contributed by atoms with Crippen molar-refractivity contribution in [2.45, 2.75) is 0 Å². The minimum absolute atomic E-state index is 0.911. The molecule has 0 aliphatic carbocycles. The Bertz CT molecular complexity index is 74.1. The van der Waals surface area contributed by atoms with Gasteiger partial charge >= 0.3 is 13.1 Å². The van der Waals surface area contributed by atoms with E-state index < -0.39 is 13.1 Å². The highest BCUT2D eigenvalue weighted by Gasteiger charge is 2.25. The number of ether oxygens (including phenoxy) is 1. The van der Waals surface area contributed by atoms with Crippen LogP contribution in [-0.4, -0.2) is 20.2 Å². The topological polar surface area (TPSA) is 26.3 Å². The van der Waals surface area contributed by atoms with E-state index in [1.807, 2.05) is 0 Å². The molecular weight excluding hydrogens is 105 g/mol. The Kier molecular flexibility index (Phi) is 2.33. The van der Waals surface area contributed by atoms with Gasteiger partial charge in [-0.1, -0.05) is 0 Å².